The zero-order valence-electron chi connectivity index (χ0n) is 17.9. The van der Waals surface area contributed by atoms with Gasteiger partial charge in [-0.3, -0.25) is 14.3 Å². The number of nitrogens with zero attached hydrogens (tertiary/aromatic N) is 3. The number of aryl methyl sites for hydroxylation is 1. The van der Waals surface area contributed by atoms with Crippen LogP contribution in [0.5, 0.6) is 0 Å². The lowest BCUT2D eigenvalue weighted by Gasteiger charge is -2.31. The lowest BCUT2D eigenvalue weighted by atomic mass is 9.80. The second kappa shape index (κ2) is 9.33. The minimum absolute atomic E-state index is 0.0171. The number of fused-ring (bicyclic) bond motifs is 1. The van der Waals surface area contributed by atoms with E-state index in [0.717, 1.165) is 50.9 Å². The van der Waals surface area contributed by atoms with Crippen molar-refractivity contribution in [3.05, 3.63) is 39.3 Å². The predicted molar refractivity (Wildman–Crippen MR) is 116 cm³/mol. The molecule has 3 heterocycles. The van der Waals surface area contributed by atoms with E-state index in [1.807, 2.05) is 11.8 Å². The number of carbonyl (C=O) groups excluding carboxylic acids is 2. The molecule has 0 aromatic carbocycles. The summed E-state index contributed by atoms with van der Waals surface area (Å²) in [6.45, 7) is 6.56. The summed E-state index contributed by atoms with van der Waals surface area (Å²) >= 11 is 1.74. The van der Waals surface area contributed by atoms with Crippen LogP contribution in [0.3, 0.4) is 0 Å². The van der Waals surface area contributed by atoms with E-state index in [1.54, 1.807) is 11.3 Å². The molecule has 162 valence electrons. The SMILES string of the molecule is CCOC(=O)[C@H]1CC[C@H](CC(=O)N2CCc3c(C)nn(Cc4cccs4)c3C2)CC1. The summed E-state index contributed by atoms with van der Waals surface area (Å²) in [4.78, 5) is 28.3. The van der Waals surface area contributed by atoms with Gasteiger partial charge in [-0.05, 0) is 68.9 Å². The van der Waals surface area contributed by atoms with Crippen LogP contribution < -0.4 is 0 Å². The summed E-state index contributed by atoms with van der Waals surface area (Å²) in [6.07, 6.45) is 5.02. The van der Waals surface area contributed by atoms with Crippen molar-refractivity contribution in [2.75, 3.05) is 13.2 Å². The third-order valence-corrected chi connectivity index (χ3v) is 7.37. The number of hydrogen-bond acceptors (Lipinski definition) is 5. The van der Waals surface area contributed by atoms with E-state index in [-0.39, 0.29) is 17.8 Å². The molecule has 1 aliphatic carbocycles. The highest BCUT2D eigenvalue weighted by Crippen LogP contribution is 2.33. The lowest BCUT2D eigenvalue weighted by molar-refractivity contribution is -0.149. The molecule has 2 aliphatic rings. The van der Waals surface area contributed by atoms with Crippen LogP contribution in [0.25, 0.3) is 0 Å². The van der Waals surface area contributed by atoms with Gasteiger partial charge in [0.1, 0.15) is 0 Å². The highest BCUT2D eigenvalue weighted by Gasteiger charge is 2.31. The van der Waals surface area contributed by atoms with Crippen molar-refractivity contribution >= 4 is 23.2 Å². The van der Waals surface area contributed by atoms with Crippen LogP contribution in [-0.4, -0.2) is 39.7 Å². The molecule has 1 saturated carbocycles. The number of ether oxygens (including phenoxy) is 1. The summed E-state index contributed by atoms with van der Waals surface area (Å²) in [7, 11) is 0. The van der Waals surface area contributed by atoms with Crippen molar-refractivity contribution in [3.8, 4) is 0 Å². The molecule has 0 spiro atoms. The highest BCUT2D eigenvalue weighted by atomic mass is 32.1. The number of hydrogen-bond donors (Lipinski definition) is 0. The van der Waals surface area contributed by atoms with Gasteiger partial charge in [0, 0.05) is 17.8 Å². The fraction of sp³-hybridized carbons (Fsp3) is 0.609. The van der Waals surface area contributed by atoms with E-state index in [1.165, 1.54) is 16.1 Å². The highest BCUT2D eigenvalue weighted by molar-refractivity contribution is 7.09. The summed E-state index contributed by atoms with van der Waals surface area (Å²) < 4.78 is 7.24. The quantitative estimate of drug-likeness (QED) is 0.653. The molecule has 7 heteroatoms. The third-order valence-electron chi connectivity index (χ3n) is 6.51. The molecule has 0 N–H and O–H groups in total. The summed E-state index contributed by atoms with van der Waals surface area (Å²) in [5, 5.41) is 6.85. The number of aromatic nitrogens is 2. The van der Waals surface area contributed by atoms with Crippen molar-refractivity contribution in [1.82, 2.24) is 14.7 Å². The van der Waals surface area contributed by atoms with Crippen LogP contribution in [0.1, 0.15) is 60.9 Å². The molecular weight excluding hydrogens is 398 g/mol. The summed E-state index contributed by atoms with van der Waals surface area (Å²) in [5.74, 6) is 0.563. The number of esters is 1. The van der Waals surface area contributed by atoms with E-state index in [2.05, 4.69) is 29.1 Å². The van der Waals surface area contributed by atoms with Gasteiger partial charge in [0.2, 0.25) is 5.91 Å². The Morgan fingerprint density at radius 2 is 2.07 bits per heavy atom. The van der Waals surface area contributed by atoms with Crippen LogP contribution in [0.2, 0.25) is 0 Å². The number of amides is 1. The average molecular weight is 430 g/mol. The van der Waals surface area contributed by atoms with Gasteiger partial charge in [-0.2, -0.15) is 5.10 Å². The number of carbonyl (C=O) groups is 2. The Kier molecular flexibility index (Phi) is 6.56. The standard InChI is InChI=1S/C23H31N3O3S/c1-3-29-23(28)18-8-6-17(7-9-18)13-22(27)25-11-10-20-16(2)24-26(21(20)15-25)14-19-5-4-12-30-19/h4-5,12,17-18H,3,6-11,13-15H2,1-2H3/t17-,18-. The molecule has 30 heavy (non-hydrogen) atoms. The maximum atomic E-state index is 13.0. The molecule has 0 bridgehead atoms. The zero-order chi connectivity index (χ0) is 21.1. The van der Waals surface area contributed by atoms with E-state index >= 15 is 0 Å². The first-order chi connectivity index (χ1) is 14.5. The van der Waals surface area contributed by atoms with Gasteiger partial charge in [-0.1, -0.05) is 6.07 Å². The van der Waals surface area contributed by atoms with Crippen molar-refractivity contribution in [2.24, 2.45) is 11.8 Å². The maximum Gasteiger partial charge on any atom is 0.308 e. The Hall–Kier alpha value is -2.15. The predicted octanol–water partition coefficient (Wildman–Crippen LogP) is 3.95. The molecule has 2 aromatic heterocycles. The first-order valence-electron chi connectivity index (χ1n) is 11.1. The molecule has 0 saturated heterocycles. The molecule has 1 aliphatic heterocycles. The molecule has 0 unspecified atom stereocenters. The largest absolute Gasteiger partial charge is 0.466 e. The van der Waals surface area contributed by atoms with E-state index < -0.39 is 0 Å². The fourth-order valence-electron chi connectivity index (χ4n) is 4.81. The summed E-state index contributed by atoms with van der Waals surface area (Å²) in [6, 6.07) is 4.20. The molecule has 1 amide bonds. The lowest BCUT2D eigenvalue weighted by Crippen LogP contribution is -2.38. The molecule has 1 fully saturated rings. The van der Waals surface area contributed by atoms with Gasteiger partial charge >= 0.3 is 5.97 Å². The second-order valence-electron chi connectivity index (χ2n) is 8.49. The molecular formula is C23H31N3O3S. The Morgan fingerprint density at radius 3 is 2.77 bits per heavy atom. The van der Waals surface area contributed by atoms with E-state index in [0.29, 0.717) is 25.5 Å². The van der Waals surface area contributed by atoms with E-state index in [4.69, 9.17) is 9.84 Å². The Labute approximate surface area is 182 Å². The monoisotopic (exact) mass is 429 g/mol. The topological polar surface area (TPSA) is 64.4 Å². The van der Waals surface area contributed by atoms with Gasteiger partial charge < -0.3 is 9.64 Å². The molecule has 2 aromatic rings. The minimum atomic E-state index is -0.0693. The molecule has 6 nitrogen and oxygen atoms in total. The Bertz CT molecular complexity index is 882. The maximum absolute atomic E-state index is 13.0. The molecule has 0 radical (unpaired) electrons. The van der Waals surface area contributed by atoms with Crippen molar-refractivity contribution in [3.63, 3.8) is 0 Å². The Balaban J connectivity index is 1.34. The van der Waals surface area contributed by atoms with Gasteiger partial charge in [0.15, 0.2) is 0 Å². The van der Waals surface area contributed by atoms with Crippen LogP contribution in [0.4, 0.5) is 0 Å². The molecule has 4 rings (SSSR count). The first kappa shape index (κ1) is 21.1. The van der Waals surface area contributed by atoms with Gasteiger partial charge in [0.25, 0.3) is 0 Å². The minimum Gasteiger partial charge on any atom is -0.466 e. The van der Waals surface area contributed by atoms with Crippen molar-refractivity contribution in [1.29, 1.82) is 0 Å². The number of rotatable bonds is 6. The fourth-order valence-corrected chi connectivity index (χ4v) is 5.49. The first-order valence-corrected chi connectivity index (χ1v) is 11.9. The van der Waals surface area contributed by atoms with Gasteiger partial charge in [-0.25, -0.2) is 0 Å². The number of thiophene rings is 1. The zero-order valence-corrected chi connectivity index (χ0v) is 18.7. The van der Waals surface area contributed by atoms with Crippen molar-refractivity contribution < 1.29 is 14.3 Å². The van der Waals surface area contributed by atoms with Crippen LogP contribution in [-0.2, 0) is 33.8 Å². The Morgan fingerprint density at radius 1 is 1.27 bits per heavy atom. The van der Waals surface area contributed by atoms with Crippen molar-refractivity contribution in [2.45, 2.75) is 65.5 Å². The van der Waals surface area contributed by atoms with Crippen LogP contribution in [0, 0.1) is 18.8 Å². The summed E-state index contributed by atoms with van der Waals surface area (Å²) in [5.41, 5.74) is 3.59. The smallest absolute Gasteiger partial charge is 0.308 e. The van der Waals surface area contributed by atoms with Gasteiger partial charge in [-0.15, -0.1) is 11.3 Å². The normalized spacial score (nSPS) is 21.3. The van der Waals surface area contributed by atoms with E-state index in [9.17, 15) is 9.59 Å². The second-order valence-corrected chi connectivity index (χ2v) is 9.52. The average Bonchev–Trinajstić information content (AvgIpc) is 3.37. The van der Waals surface area contributed by atoms with Crippen LogP contribution >= 0.6 is 11.3 Å². The van der Waals surface area contributed by atoms with Crippen LogP contribution in [0.15, 0.2) is 17.5 Å². The molecule has 0 atom stereocenters. The third kappa shape index (κ3) is 4.61. The van der Waals surface area contributed by atoms with Gasteiger partial charge in [0.05, 0.1) is 37.0 Å².